The molecule has 2 aliphatic rings. The first-order valence-electron chi connectivity index (χ1n) is 10.9. The predicted octanol–water partition coefficient (Wildman–Crippen LogP) is 5.50. The van der Waals surface area contributed by atoms with Crippen LogP contribution in [-0.2, 0) is 25.8 Å². The first kappa shape index (κ1) is 20.0. The van der Waals surface area contributed by atoms with Crippen molar-refractivity contribution >= 4 is 28.6 Å². The van der Waals surface area contributed by atoms with Crippen LogP contribution in [0, 0.1) is 5.92 Å². The Morgan fingerprint density at radius 2 is 2.00 bits per heavy atom. The van der Waals surface area contributed by atoms with Gasteiger partial charge in [0.25, 0.3) is 0 Å². The Hall–Kier alpha value is -1.95. The Bertz CT molecular complexity index is 1010. The lowest BCUT2D eigenvalue weighted by atomic mass is 10.0. The van der Waals surface area contributed by atoms with Gasteiger partial charge in [-0.15, -0.1) is 11.3 Å². The van der Waals surface area contributed by atoms with Gasteiger partial charge in [-0.25, -0.2) is 4.98 Å². The monoisotopic (exact) mass is 438 g/mol. The maximum atomic E-state index is 6.53. The number of nitrogens with zero attached hydrogens (tertiary/aromatic N) is 2. The third-order valence-electron chi connectivity index (χ3n) is 6.05. The zero-order valence-corrected chi connectivity index (χ0v) is 18.7. The van der Waals surface area contributed by atoms with Crippen LogP contribution in [0.3, 0.4) is 0 Å². The Kier molecular flexibility index (Phi) is 6.02. The largest absolute Gasteiger partial charge is 0.379 e. The topological polar surface area (TPSA) is 49.8 Å². The number of anilines is 1. The summed E-state index contributed by atoms with van der Waals surface area (Å²) in [4.78, 5) is 9.46. The highest BCUT2D eigenvalue weighted by molar-refractivity contribution is 7.09. The molecule has 6 heteroatoms. The van der Waals surface area contributed by atoms with Gasteiger partial charge in [-0.2, -0.15) is 0 Å². The van der Waals surface area contributed by atoms with E-state index in [1.807, 2.05) is 12.3 Å². The number of fused-ring (bicyclic) bond motifs is 1. The molecule has 0 radical (unpaired) electrons. The molecule has 0 saturated heterocycles. The van der Waals surface area contributed by atoms with Gasteiger partial charge in [0.05, 0.1) is 27.1 Å². The second-order valence-corrected chi connectivity index (χ2v) is 9.67. The van der Waals surface area contributed by atoms with E-state index in [-0.39, 0.29) is 0 Å². The molecule has 5 rings (SSSR count). The van der Waals surface area contributed by atoms with E-state index in [2.05, 4.69) is 39.2 Å². The second-order valence-electron chi connectivity index (χ2n) is 8.32. The van der Waals surface area contributed by atoms with E-state index in [1.165, 1.54) is 35.4 Å². The molecule has 156 valence electrons. The molecule has 2 N–H and O–H groups in total. The lowest BCUT2D eigenvalue weighted by Crippen LogP contribution is -2.16. The number of rotatable bonds is 7. The third-order valence-corrected chi connectivity index (χ3v) is 7.28. The number of aryl methyl sites for hydroxylation is 1. The molecular weight excluding hydrogens is 412 g/mol. The van der Waals surface area contributed by atoms with Gasteiger partial charge in [-0.3, -0.25) is 4.98 Å². The van der Waals surface area contributed by atoms with Crippen LogP contribution in [0.5, 0.6) is 0 Å². The van der Waals surface area contributed by atoms with Crippen LogP contribution in [0.4, 0.5) is 5.69 Å². The average molecular weight is 439 g/mol. The summed E-state index contributed by atoms with van der Waals surface area (Å²) in [5.41, 5.74) is 6.89. The van der Waals surface area contributed by atoms with Gasteiger partial charge >= 0.3 is 0 Å². The van der Waals surface area contributed by atoms with E-state index in [0.717, 1.165) is 65.9 Å². The molecule has 0 amide bonds. The molecule has 1 aliphatic heterocycles. The minimum atomic E-state index is 0.709. The standard InChI is InChI=1S/C24H27ClN4S/c25-20-6-5-18-9-11-26-12-10-19(18)24(20)28-14-17-3-7-21(27-13-17)22-15-30-23(29-22)8-4-16-1-2-16/h3,5-7,13,15-16,26,28H,1-2,4,8-12,14H2. The molecule has 2 aromatic heterocycles. The number of hydrogen-bond donors (Lipinski definition) is 2. The molecule has 1 aromatic carbocycles. The van der Waals surface area contributed by atoms with Crippen LogP contribution in [0.15, 0.2) is 35.8 Å². The van der Waals surface area contributed by atoms with E-state index in [4.69, 9.17) is 16.6 Å². The van der Waals surface area contributed by atoms with Crippen molar-refractivity contribution in [3.05, 3.63) is 62.6 Å². The Labute approximate surface area is 187 Å². The van der Waals surface area contributed by atoms with E-state index < -0.39 is 0 Å². The highest BCUT2D eigenvalue weighted by atomic mass is 35.5. The van der Waals surface area contributed by atoms with Crippen molar-refractivity contribution in [3.8, 4) is 11.4 Å². The molecule has 0 unspecified atom stereocenters. The second kappa shape index (κ2) is 9.04. The van der Waals surface area contributed by atoms with E-state index in [1.54, 1.807) is 11.3 Å². The van der Waals surface area contributed by atoms with Gasteiger partial charge < -0.3 is 10.6 Å². The number of thiazole rings is 1. The quantitative estimate of drug-likeness (QED) is 0.511. The smallest absolute Gasteiger partial charge is 0.0998 e. The van der Waals surface area contributed by atoms with E-state index in [9.17, 15) is 0 Å². The summed E-state index contributed by atoms with van der Waals surface area (Å²) in [7, 11) is 0. The maximum absolute atomic E-state index is 6.53. The van der Waals surface area contributed by atoms with Crippen molar-refractivity contribution in [1.82, 2.24) is 15.3 Å². The summed E-state index contributed by atoms with van der Waals surface area (Å²) in [6.45, 7) is 2.73. The number of aromatic nitrogens is 2. The summed E-state index contributed by atoms with van der Waals surface area (Å²) < 4.78 is 0. The third kappa shape index (κ3) is 4.69. The van der Waals surface area contributed by atoms with Crippen molar-refractivity contribution in [2.75, 3.05) is 18.4 Å². The van der Waals surface area contributed by atoms with Gasteiger partial charge in [0, 0.05) is 18.1 Å². The van der Waals surface area contributed by atoms with E-state index >= 15 is 0 Å². The summed E-state index contributed by atoms with van der Waals surface area (Å²) in [5, 5.41) is 11.2. The lowest BCUT2D eigenvalue weighted by Gasteiger charge is -2.16. The number of benzene rings is 1. The van der Waals surface area contributed by atoms with Crippen molar-refractivity contribution < 1.29 is 0 Å². The first-order chi connectivity index (χ1) is 14.8. The number of hydrogen-bond acceptors (Lipinski definition) is 5. The molecule has 0 atom stereocenters. The Morgan fingerprint density at radius 1 is 1.10 bits per heavy atom. The Balaban J connectivity index is 1.25. The molecular formula is C24H27ClN4S. The van der Waals surface area contributed by atoms with Crippen LogP contribution in [0.2, 0.25) is 5.02 Å². The van der Waals surface area contributed by atoms with Crippen LogP contribution in [0.1, 0.15) is 41.0 Å². The van der Waals surface area contributed by atoms with Crippen molar-refractivity contribution in [3.63, 3.8) is 0 Å². The SMILES string of the molecule is Clc1ccc2c(c1NCc1ccc(-c3csc(CCC4CC4)n3)nc1)CCNCC2. The molecule has 0 bridgehead atoms. The van der Waals surface area contributed by atoms with Gasteiger partial charge in [-0.1, -0.05) is 36.6 Å². The molecule has 30 heavy (non-hydrogen) atoms. The highest BCUT2D eigenvalue weighted by Gasteiger charge is 2.21. The maximum Gasteiger partial charge on any atom is 0.0998 e. The number of halogens is 1. The van der Waals surface area contributed by atoms with Gasteiger partial charge in [0.2, 0.25) is 0 Å². The fourth-order valence-electron chi connectivity index (χ4n) is 4.08. The summed E-state index contributed by atoms with van der Waals surface area (Å²) in [6, 6.07) is 8.39. The van der Waals surface area contributed by atoms with Crippen LogP contribution in [0.25, 0.3) is 11.4 Å². The normalized spacial score (nSPS) is 16.2. The van der Waals surface area contributed by atoms with Crippen LogP contribution >= 0.6 is 22.9 Å². The summed E-state index contributed by atoms with van der Waals surface area (Å²) in [6.07, 6.45) is 9.20. The molecule has 3 heterocycles. The molecule has 1 fully saturated rings. The minimum absolute atomic E-state index is 0.709. The van der Waals surface area contributed by atoms with Crippen LogP contribution in [-0.4, -0.2) is 23.1 Å². The summed E-state index contributed by atoms with van der Waals surface area (Å²) >= 11 is 8.29. The zero-order chi connectivity index (χ0) is 20.3. The zero-order valence-electron chi connectivity index (χ0n) is 17.1. The van der Waals surface area contributed by atoms with Crippen LogP contribution < -0.4 is 10.6 Å². The summed E-state index contributed by atoms with van der Waals surface area (Å²) in [5.74, 6) is 0.951. The molecule has 4 nitrogen and oxygen atoms in total. The van der Waals surface area contributed by atoms with Gasteiger partial charge in [-0.05, 0) is 73.5 Å². The first-order valence-corrected chi connectivity index (χ1v) is 12.2. The lowest BCUT2D eigenvalue weighted by molar-refractivity contribution is 0.711. The highest BCUT2D eigenvalue weighted by Crippen LogP contribution is 2.34. The van der Waals surface area contributed by atoms with Gasteiger partial charge in [0.15, 0.2) is 0 Å². The molecule has 1 aliphatic carbocycles. The van der Waals surface area contributed by atoms with Crippen molar-refractivity contribution in [2.24, 2.45) is 5.92 Å². The number of nitrogens with one attached hydrogen (secondary N) is 2. The van der Waals surface area contributed by atoms with Gasteiger partial charge in [0.1, 0.15) is 0 Å². The Morgan fingerprint density at radius 3 is 2.83 bits per heavy atom. The van der Waals surface area contributed by atoms with Crippen molar-refractivity contribution in [2.45, 2.75) is 45.1 Å². The average Bonchev–Trinajstić information content (AvgIpc) is 3.53. The molecule has 3 aromatic rings. The van der Waals surface area contributed by atoms with E-state index in [0.29, 0.717) is 6.54 Å². The minimum Gasteiger partial charge on any atom is -0.379 e. The fourth-order valence-corrected chi connectivity index (χ4v) is 5.13. The predicted molar refractivity (Wildman–Crippen MR) is 125 cm³/mol. The van der Waals surface area contributed by atoms with Crippen molar-refractivity contribution in [1.29, 1.82) is 0 Å². The fraction of sp³-hybridized carbons (Fsp3) is 0.417. The molecule has 0 spiro atoms. The number of pyridine rings is 1. The molecule has 1 saturated carbocycles.